The van der Waals surface area contributed by atoms with Gasteiger partial charge in [0.1, 0.15) is 0 Å². The maximum atomic E-state index is 12.4. The fourth-order valence-corrected chi connectivity index (χ4v) is 3.16. The van der Waals surface area contributed by atoms with Crippen molar-refractivity contribution in [1.29, 1.82) is 0 Å². The van der Waals surface area contributed by atoms with Crippen molar-refractivity contribution in [2.45, 2.75) is 24.8 Å². The smallest absolute Gasteiger partial charge is 0.223 e. The largest absolute Gasteiger partial charge is 0.354 e. The summed E-state index contributed by atoms with van der Waals surface area (Å²) in [6.45, 7) is 0.678. The molecule has 0 saturated heterocycles. The van der Waals surface area contributed by atoms with Gasteiger partial charge in [0.05, 0.1) is 6.20 Å². The van der Waals surface area contributed by atoms with E-state index in [9.17, 15) is 4.79 Å². The van der Waals surface area contributed by atoms with Crippen molar-refractivity contribution in [2.24, 2.45) is 13.0 Å². The minimum absolute atomic E-state index is 0.105. The topological polar surface area (TPSA) is 50.2 Å². The molecule has 1 saturated carbocycles. The Kier molecular flexibility index (Phi) is 5.00. The van der Waals surface area contributed by atoms with Crippen molar-refractivity contribution in [1.82, 2.24) is 20.0 Å². The summed E-state index contributed by atoms with van der Waals surface area (Å²) in [6.07, 6.45) is 5.75. The van der Waals surface area contributed by atoms with Crippen LogP contribution in [-0.4, -0.2) is 47.3 Å². The average molecular weight is 326 g/mol. The predicted molar refractivity (Wildman–Crippen MR) is 94.7 cm³/mol. The van der Waals surface area contributed by atoms with Gasteiger partial charge in [-0.3, -0.25) is 9.48 Å². The first kappa shape index (κ1) is 16.7. The number of nitrogens with zero attached hydrogens (tertiary/aromatic N) is 3. The van der Waals surface area contributed by atoms with Gasteiger partial charge < -0.3 is 10.2 Å². The van der Waals surface area contributed by atoms with Crippen LogP contribution in [0.25, 0.3) is 0 Å². The van der Waals surface area contributed by atoms with E-state index in [1.165, 1.54) is 11.1 Å². The highest BCUT2D eigenvalue weighted by Gasteiger charge is 2.44. The number of aromatic nitrogens is 2. The zero-order valence-electron chi connectivity index (χ0n) is 14.6. The molecule has 3 rings (SSSR count). The molecule has 1 N–H and O–H groups in total. The second-order valence-corrected chi connectivity index (χ2v) is 6.95. The number of amides is 1. The summed E-state index contributed by atoms with van der Waals surface area (Å²) < 4.78 is 1.80. The van der Waals surface area contributed by atoms with Crippen molar-refractivity contribution in [3.05, 3.63) is 53.9 Å². The molecule has 128 valence electrons. The van der Waals surface area contributed by atoms with Crippen LogP contribution in [0.4, 0.5) is 0 Å². The molecular weight excluding hydrogens is 300 g/mol. The van der Waals surface area contributed by atoms with Crippen molar-refractivity contribution in [3.63, 3.8) is 0 Å². The molecule has 1 aliphatic rings. The molecule has 24 heavy (non-hydrogen) atoms. The van der Waals surface area contributed by atoms with Crippen LogP contribution in [0.3, 0.4) is 0 Å². The van der Waals surface area contributed by atoms with Crippen LogP contribution in [0.2, 0.25) is 0 Å². The lowest BCUT2D eigenvalue weighted by Gasteiger charge is -2.25. The quantitative estimate of drug-likeness (QED) is 0.844. The van der Waals surface area contributed by atoms with E-state index in [4.69, 9.17) is 0 Å². The molecule has 3 atom stereocenters. The summed E-state index contributed by atoms with van der Waals surface area (Å²) >= 11 is 0. The van der Waals surface area contributed by atoms with Crippen LogP contribution in [0.15, 0.2) is 42.7 Å². The highest BCUT2D eigenvalue weighted by Crippen LogP contribution is 2.47. The van der Waals surface area contributed by atoms with Crippen molar-refractivity contribution >= 4 is 5.91 Å². The van der Waals surface area contributed by atoms with Crippen molar-refractivity contribution < 1.29 is 4.79 Å². The fourth-order valence-electron chi connectivity index (χ4n) is 3.16. The third kappa shape index (κ3) is 4.03. The number of hydrogen-bond acceptors (Lipinski definition) is 3. The summed E-state index contributed by atoms with van der Waals surface area (Å²) in [6, 6.07) is 10.7. The van der Waals surface area contributed by atoms with E-state index in [0.29, 0.717) is 18.5 Å². The van der Waals surface area contributed by atoms with Crippen LogP contribution in [0, 0.1) is 5.92 Å². The normalized spacial score (nSPS) is 20.8. The molecule has 1 aromatic carbocycles. The first-order chi connectivity index (χ1) is 11.5. The number of aryl methyl sites for hydroxylation is 1. The second-order valence-electron chi connectivity index (χ2n) is 6.95. The summed E-state index contributed by atoms with van der Waals surface area (Å²) in [5.41, 5.74) is 2.47. The Labute approximate surface area is 143 Å². The number of hydrogen-bond donors (Lipinski definition) is 1. The molecule has 1 amide bonds. The monoisotopic (exact) mass is 326 g/mol. The Balaban J connectivity index is 1.51. The van der Waals surface area contributed by atoms with E-state index in [-0.39, 0.29) is 11.8 Å². The molecular formula is C19H26N4O. The number of carbonyl (C=O) groups excluding carboxylic acids is 1. The van der Waals surface area contributed by atoms with E-state index < -0.39 is 0 Å². The Hall–Kier alpha value is -2.14. The van der Waals surface area contributed by atoms with Crippen LogP contribution >= 0.6 is 0 Å². The van der Waals surface area contributed by atoms with Gasteiger partial charge >= 0.3 is 0 Å². The third-order valence-corrected chi connectivity index (χ3v) is 4.84. The van der Waals surface area contributed by atoms with E-state index in [2.05, 4.69) is 53.7 Å². The Morgan fingerprint density at radius 2 is 2.12 bits per heavy atom. The molecule has 5 heteroatoms. The van der Waals surface area contributed by atoms with Gasteiger partial charge in [0, 0.05) is 31.7 Å². The highest BCUT2D eigenvalue weighted by molar-refractivity contribution is 5.82. The van der Waals surface area contributed by atoms with Crippen LogP contribution < -0.4 is 5.32 Å². The summed E-state index contributed by atoms with van der Waals surface area (Å²) in [5.74, 6) is 0.614. The zero-order chi connectivity index (χ0) is 17.1. The van der Waals surface area contributed by atoms with Gasteiger partial charge in [-0.15, -0.1) is 0 Å². The molecule has 1 fully saturated rings. The van der Waals surface area contributed by atoms with Gasteiger partial charge in [-0.25, -0.2) is 0 Å². The molecule has 1 aliphatic carbocycles. The van der Waals surface area contributed by atoms with E-state index >= 15 is 0 Å². The van der Waals surface area contributed by atoms with Gasteiger partial charge in [-0.05, 0) is 44.0 Å². The van der Waals surface area contributed by atoms with Gasteiger partial charge in [-0.2, -0.15) is 5.10 Å². The molecule has 0 aliphatic heterocycles. The second kappa shape index (κ2) is 7.18. The number of nitrogens with one attached hydrogen (secondary N) is 1. The van der Waals surface area contributed by atoms with Gasteiger partial charge in [0.25, 0.3) is 0 Å². The Morgan fingerprint density at radius 1 is 1.38 bits per heavy atom. The third-order valence-electron chi connectivity index (χ3n) is 4.84. The lowest BCUT2D eigenvalue weighted by molar-refractivity contribution is -0.122. The van der Waals surface area contributed by atoms with Crippen molar-refractivity contribution in [3.8, 4) is 0 Å². The van der Waals surface area contributed by atoms with Gasteiger partial charge in [0.2, 0.25) is 5.91 Å². The van der Waals surface area contributed by atoms with Crippen LogP contribution in [-0.2, 0) is 18.3 Å². The Bertz CT molecular complexity index is 680. The molecule has 0 bridgehead atoms. The highest BCUT2D eigenvalue weighted by atomic mass is 16.2. The molecule has 5 nitrogen and oxygen atoms in total. The number of carbonyl (C=O) groups is 1. The first-order valence-corrected chi connectivity index (χ1v) is 8.51. The van der Waals surface area contributed by atoms with Crippen LogP contribution in [0.5, 0.6) is 0 Å². The van der Waals surface area contributed by atoms with Crippen molar-refractivity contribution in [2.75, 3.05) is 20.6 Å². The van der Waals surface area contributed by atoms with Gasteiger partial charge in [0.15, 0.2) is 0 Å². The predicted octanol–water partition coefficient (Wildman–Crippen LogP) is 1.81. The Morgan fingerprint density at radius 3 is 2.75 bits per heavy atom. The summed E-state index contributed by atoms with van der Waals surface area (Å²) in [5, 5.41) is 7.34. The minimum atomic E-state index is 0.105. The SMILES string of the molecule is CN(C)[C@H](CNC(=O)[C@@H]1C[C@H]1c1cnn(C)c1)Cc1ccccc1. The molecule has 2 aromatic rings. The average Bonchev–Trinajstić information content (AvgIpc) is 3.26. The summed E-state index contributed by atoms with van der Waals surface area (Å²) in [7, 11) is 6.04. The van der Waals surface area contributed by atoms with E-state index in [1.54, 1.807) is 4.68 Å². The molecule has 1 heterocycles. The lowest BCUT2D eigenvalue weighted by atomic mass is 10.1. The fraction of sp³-hybridized carbons (Fsp3) is 0.474. The molecule has 0 spiro atoms. The van der Waals surface area contributed by atoms with E-state index in [1.807, 2.05) is 25.5 Å². The van der Waals surface area contributed by atoms with Crippen LogP contribution in [0.1, 0.15) is 23.5 Å². The molecule has 1 aromatic heterocycles. The summed E-state index contributed by atoms with van der Waals surface area (Å²) in [4.78, 5) is 14.6. The number of benzene rings is 1. The number of rotatable bonds is 7. The maximum absolute atomic E-state index is 12.4. The first-order valence-electron chi connectivity index (χ1n) is 8.51. The maximum Gasteiger partial charge on any atom is 0.223 e. The number of likely N-dealkylation sites (N-methyl/N-ethyl adjacent to an activating group) is 1. The minimum Gasteiger partial charge on any atom is -0.354 e. The van der Waals surface area contributed by atoms with E-state index in [0.717, 1.165) is 12.8 Å². The molecule has 0 unspecified atom stereocenters. The zero-order valence-corrected chi connectivity index (χ0v) is 14.6. The lowest BCUT2D eigenvalue weighted by Crippen LogP contribution is -2.42. The standard InChI is InChI=1S/C19H26N4O/c1-22(2)16(9-14-7-5-4-6-8-14)12-20-19(24)18-10-17(18)15-11-21-23(3)13-15/h4-8,11,13,16-18H,9-10,12H2,1-3H3,(H,20,24)/t16-,17-,18+/m0/s1. The van der Waals surface area contributed by atoms with Gasteiger partial charge in [-0.1, -0.05) is 30.3 Å². The molecule has 0 radical (unpaired) electrons.